The lowest BCUT2D eigenvalue weighted by Gasteiger charge is -2.26. The van der Waals surface area contributed by atoms with E-state index in [4.69, 9.17) is 9.47 Å². The molecule has 1 aliphatic carbocycles. The molecule has 0 radical (unpaired) electrons. The molecule has 1 unspecified atom stereocenters. The molecule has 0 bridgehead atoms. The molecule has 0 aliphatic heterocycles. The number of nitrogens with zero attached hydrogens (tertiary/aromatic N) is 3. The number of allylic oxidation sites excluding steroid dienone is 2. The highest BCUT2D eigenvalue weighted by atomic mass is 16.5. The van der Waals surface area contributed by atoms with Crippen molar-refractivity contribution in [3.8, 4) is 17.6 Å². The van der Waals surface area contributed by atoms with Crippen LogP contribution in [-0.4, -0.2) is 30.5 Å². The van der Waals surface area contributed by atoms with Gasteiger partial charge in [0.1, 0.15) is 28.9 Å². The lowest BCUT2D eigenvalue weighted by molar-refractivity contribution is -0.127. The van der Waals surface area contributed by atoms with Gasteiger partial charge >= 0.3 is 0 Å². The first-order valence-corrected chi connectivity index (χ1v) is 16.7. The summed E-state index contributed by atoms with van der Waals surface area (Å²) in [5, 5.41) is 14.4. The van der Waals surface area contributed by atoms with Crippen LogP contribution in [0.15, 0.2) is 113 Å². The molecule has 0 heterocycles. The largest absolute Gasteiger partial charge is 0.493 e. The van der Waals surface area contributed by atoms with Crippen LogP contribution in [0.5, 0.6) is 11.5 Å². The first-order chi connectivity index (χ1) is 23.8. The third-order valence-electron chi connectivity index (χ3n) is 8.48. The smallest absolute Gasteiger partial charge is 0.194 e. The third kappa shape index (κ3) is 8.25. The number of Topliss-reactive ketones (excluding diaryl/α,β-unsaturated/α-hetero) is 2. The average Bonchev–Trinajstić information content (AvgIpc) is 3.10. The minimum absolute atomic E-state index is 0.0448. The number of carbonyl (C=O) groups is 2. The molecule has 49 heavy (non-hydrogen) atoms. The molecule has 1 atom stereocenters. The molecular formula is C41H42N4O4. The Bertz CT molecular complexity index is 1850. The van der Waals surface area contributed by atoms with Crippen molar-refractivity contribution < 1.29 is 19.1 Å². The number of rotatable bonds is 14. The molecule has 0 spiro atoms. The maximum atomic E-state index is 13.7. The molecule has 0 saturated carbocycles. The summed E-state index contributed by atoms with van der Waals surface area (Å²) in [6, 6.07) is 33.9. The summed E-state index contributed by atoms with van der Waals surface area (Å²) in [7, 11) is 0. The maximum Gasteiger partial charge on any atom is 0.194 e. The van der Waals surface area contributed by atoms with E-state index in [1.54, 1.807) is 6.92 Å². The Hall–Kier alpha value is -5.68. The number of hydrazone groups is 1. The van der Waals surface area contributed by atoms with Crippen LogP contribution in [0.3, 0.4) is 0 Å². The normalized spacial score (nSPS) is 15.2. The highest BCUT2D eigenvalue weighted by Gasteiger charge is 2.39. The fourth-order valence-corrected chi connectivity index (χ4v) is 5.82. The summed E-state index contributed by atoms with van der Waals surface area (Å²) in [6.45, 7) is 8.53. The topological polar surface area (TPSA) is 104 Å². The first kappa shape index (κ1) is 34.6. The zero-order valence-electron chi connectivity index (χ0n) is 28.5. The molecule has 4 aromatic rings. The van der Waals surface area contributed by atoms with Gasteiger partial charge in [0.15, 0.2) is 11.6 Å². The highest BCUT2D eigenvalue weighted by Crippen LogP contribution is 2.39. The Balaban J connectivity index is 1.40. The van der Waals surface area contributed by atoms with Crippen LogP contribution in [0.1, 0.15) is 50.7 Å². The number of ketones is 2. The standard InChI is InChI=1S/C41H42N4O4/c1-5-6-23-49-38-26-33(45(31-14-9-7-10-15-31)32-16-11-8-12-17-32)20-21-36(38)43-44-39-30(4)35(27-42)40(46)34(41(39)47)18-13-24-48-37-22-19-28(2)25-29(37)3/h7-12,14-17,19-22,25-26,34,43H,5-6,13,18,23-24H2,1-4H3. The zero-order chi connectivity index (χ0) is 34.8. The van der Waals surface area contributed by atoms with Crippen LogP contribution in [0.2, 0.25) is 0 Å². The van der Waals surface area contributed by atoms with Crippen molar-refractivity contribution in [1.29, 1.82) is 5.26 Å². The van der Waals surface area contributed by atoms with Gasteiger partial charge in [0.25, 0.3) is 0 Å². The Kier molecular flexibility index (Phi) is 11.6. The van der Waals surface area contributed by atoms with E-state index >= 15 is 0 Å². The van der Waals surface area contributed by atoms with Crippen molar-refractivity contribution >= 4 is 40.0 Å². The van der Waals surface area contributed by atoms with Gasteiger partial charge in [-0.25, -0.2) is 0 Å². The van der Waals surface area contributed by atoms with E-state index in [-0.39, 0.29) is 23.3 Å². The van der Waals surface area contributed by atoms with Gasteiger partial charge in [0.05, 0.1) is 24.8 Å². The van der Waals surface area contributed by atoms with Gasteiger partial charge in [0.2, 0.25) is 0 Å². The van der Waals surface area contributed by atoms with Gasteiger partial charge in [-0.15, -0.1) is 0 Å². The average molecular weight is 655 g/mol. The summed E-state index contributed by atoms with van der Waals surface area (Å²) < 4.78 is 12.2. The lowest BCUT2D eigenvalue weighted by atomic mass is 9.79. The van der Waals surface area contributed by atoms with Crippen LogP contribution in [0, 0.1) is 31.1 Å². The van der Waals surface area contributed by atoms with Crippen molar-refractivity contribution in [3.63, 3.8) is 0 Å². The van der Waals surface area contributed by atoms with Crippen molar-refractivity contribution in [2.45, 2.75) is 53.4 Å². The predicted octanol–water partition coefficient (Wildman–Crippen LogP) is 9.19. The number of aryl methyl sites for hydroxylation is 2. The summed E-state index contributed by atoms with van der Waals surface area (Å²) in [5.74, 6) is -0.552. The summed E-state index contributed by atoms with van der Waals surface area (Å²) in [4.78, 5) is 29.1. The summed E-state index contributed by atoms with van der Waals surface area (Å²) in [6.07, 6.45) is 2.53. The van der Waals surface area contributed by atoms with Gasteiger partial charge in [-0.3, -0.25) is 15.0 Å². The molecular weight excluding hydrogens is 612 g/mol. The lowest BCUT2D eigenvalue weighted by Crippen LogP contribution is -2.38. The number of hydrogen-bond donors (Lipinski definition) is 1. The van der Waals surface area contributed by atoms with E-state index in [2.05, 4.69) is 22.4 Å². The number of nitrogens with one attached hydrogen (secondary N) is 1. The second-order valence-electron chi connectivity index (χ2n) is 12.1. The molecule has 250 valence electrons. The van der Waals surface area contributed by atoms with E-state index in [1.165, 1.54) is 0 Å². The number of carbonyl (C=O) groups excluding carboxylic acids is 2. The van der Waals surface area contributed by atoms with Gasteiger partial charge in [-0.2, -0.15) is 10.4 Å². The molecule has 1 aliphatic rings. The number of hydrogen-bond acceptors (Lipinski definition) is 8. The van der Waals surface area contributed by atoms with E-state index in [0.29, 0.717) is 31.1 Å². The first-order valence-electron chi connectivity index (χ1n) is 16.7. The predicted molar refractivity (Wildman–Crippen MR) is 195 cm³/mol. The molecule has 0 amide bonds. The van der Waals surface area contributed by atoms with Crippen LogP contribution >= 0.6 is 0 Å². The van der Waals surface area contributed by atoms with Gasteiger partial charge in [-0.05, 0) is 88.1 Å². The number of ether oxygens (including phenoxy) is 2. The van der Waals surface area contributed by atoms with Crippen LogP contribution in [0.4, 0.5) is 22.7 Å². The highest BCUT2D eigenvalue weighted by molar-refractivity contribution is 6.53. The molecule has 0 aromatic heterocycles. The van der Waals surface area contributed by atoms with Gasteiger partial charge in [-0.1, -0.05) is 67.4 Å². The number of anilines is 4. The van der Waals surface area contributed by atoms with Gasteiger partial charge in [0, 0.05) is 28.7 Å². The number of nitriles is 1. The molecule has 4 aromatic carbocycles. The monoisotopic (exact) mass is 654 g/mol. The van der Waals surface area contributed by atoms with Crippen molar-refractivity contribution in [2.24, 2.45) is 11.0 Å². The fraction of sp³-hybridized carbons (Fsp3) is 0.268. The van der Waals surface area contributed by atoms with Crippen LogP contribution in [0.25, 0.3) is 0 Å². The Morgan fingerprint density at radius 3 is 2.06 bits per heavy atom. The third-order valence-corrected chi connectivity index (χ3v) is 8.48. The molecule has 0 saturated heterocycles. The maximum absolute atomic E-state index is 13.7. The second-order valence-corrected chi connectivity index (χ2v) is 12.1. The van der Waals surface area contributed by atoms with E-state index in [9.17, 15) is 14.9 Å². The molecule has 1 N–H and O–H groups in total. The Morgan fingerprint density at radius 2 is 1.43 bits per heavy atom. The van der Waals surface area contributed by atoms with Crippen molar-refractivity contribution in [1.82, 2.24) is 0 Å². The molecule has 8 heteroatoms. The van der Waals surface area contributed by atoms with Crippen molar-refractivity contribution in [2.75, 3.05) is 23.5 Å². The SMILES string of the molecule is CCCCOc1cc(N(c2ccccc2)c2ccccc2)ccc1NN=C1C(=O)C(CCCOc2ccc(C)cc2C)C(=O)C(C#N)=C1C. The quantitative estimate of drug-likeness (QED) is 0.0821. The minimum Gasteiger partial charge on any atom is -0.493 e. The second kappa shape index (κ2) is 16.4. The Labute approximate surface area is 288 Å². The van der Waals surface area contributed by atoms with Crippen LogP contribution in [-0.2, 0) is 9.59 Å². The van der Waals surface area contributed by atoms with E-state index in [1.807, 2.05) is 117 Å². The number of para-hydroxylation sites is 2. The Morgan fingerprint density at radius 1 is 0.776 bits per heavy atom. The van der Waals surface area contributed by atoms with Crippen LogP contribution < -0.4 is 19.8 Å². The van der Waals surface area contributed by atoms with E-state index in [0.717, 1.165) is 46.8 Å². The van der Waals surface area contributed by atoms with Gasteiger partial charge < -0.3 is 14.4 Å². The molecule has 8 nitrogen and oxygen atoms in total. The fourth-order valence-electron chi connectivity index (χ4n) is 5.82. The van der Waals surface area contributed by atoms with Crippen molar-refractivity contribution in [3.05, 3.63) is 119 Å². The zero-order valence-corrected chi connectivity index (χ0v) is 28.5. The minimum atomic E-state index is -1.01. The van der Waals surface area contributed by atoms with E-state index < -0.39 is 17.5 Å². The molecule has 0 fully saturated rings. The molecule has 5 rings (SSSR count). The number of unbranched alkanes of at least 4 members (excludes halogenated alkanes) is 1. The number of benzene rings is 4. The summed E-state index contributed by atoms with van der Waals surface area (Å²) in [5.41, 5.74) is 8.91. The summed E-state index contributed by atoms with van der Waals surface area (Å²) >= 11 is 0.